The first-order valence-corrected chi connectivity index (χ1v) is 5.54. The Bertz CT molecular complexity index is 541. The lowest BCUT2D eigenvalue weighted by atomic mass is 10.1. The molecule has 0 unspecified atom stereocenters. The summed E-state index contributed by atoms with van der Waals surface area (Å²) in [4.78, 5) is 4.28. The zero-order valence-electron chi connectivity index (χ0n) is 9.64. The largest absolute Gasteiger partial charge is 0.369 e. The average molecular weight is 223 g/mol. The number of nitriles is 1. The monoisotopic (exact) mass is 223 g/mol. The summed E-state index contributed by atoms with van der Waals surface area (Å²) < 4.78 is 0. The van der Waals surface area contributed by atoms with Gasteiger partial charge < -0.3 is 5.32 Å². The van der Waals surface area contributed by atoms with Crippen LogP contribution in [-0.2, 0) is 0 Å². The first-order valence-electron chi connectivity index (χ1n) is 5.54. The molecular weight excluding hydrogens is 210 g/mol. The lowest BCUT2D eigenvalue weighted by Gasteiger charge is -2.06. The Morgan fingerprint density at radius 3 is 2.65 bits per heavy atom. The molecule has 0 amide bonds. The molecule has 0 radical (unpaired) electrons. The van der Waals surface area contributed by atoms with E-state index in [4.69, 9.17) is 5.26 Å². The number of rotatable bonds is 3. The lowest BCUT2D eigenvalue weighted by Crippen LogP contribution is -2.01. The smallest absolute Gasteiger partial charge is 0.143 e. The number of nitrogens with zero attached hydrogens (tertiary/aromatic N) is 2. The van der Waals surface area contributed by atoms with Crippen LogP contribution in [0.4, 0.5) is 5.82 Å². The first-order chi connectivity index (χ1) is 8.35. The van der Waals surface area contributed by atoms with Crippen molar-refractivity contribution in [3.8, 4) is 17.2 Å². The van der Waals surface area contributed by atoms with Crippen molar-refractivity contribution in [2.75, 3.05) is 11.9 Å². The molecule has 2 aromatic rings. The van der Waals surface area contributed by atoms with Crippen molar-refractivity contribution in [2.45, 2.75) is 6.92 Å². The van der Waals surface area contributed by atoms with Gasteiger partial charge in [-0.15, -0.1) is 0 Å². The standard InChI is InChI=1S/C14H13N3/c1-2-16-14-12(9-15)8-13(10-17-14)11-6-4-3-5-7-11/h3-8,10H,2H2,1H3,(H,16,17). The molecule has 1 aromatic carbocycles. The van der Waals surface area contributed by atoms with Gasteiger partial charge in [-0.2, -0.15) is 5.26 Å². The van der Waals surface area contributed by atoms with Crippen LogP contribution in [0.5, 0.6) is 0 Å². The molecule has 3 heteroatoms. The summed E-state index contributed by atoms with van der Waals surface area (Å²) in [7, 11) is 0. The SMILES string of the molecule is CCNc1ncc(-c2ccccc2)cc1C#N. The molecule has 0 fully saturated rings. The maximum Gasteiger partial charge on any atom is 0.143 e. The van der Waals surface area contributed by atoms with Crippen LogP contribution in [0.2, 0.25) is 0 Å². The Hall–Kier alpha value is -2.34. The van der Waals surface area contributed by atoms with E-state index in [1.807, 2.05) is 43.3 Å². The molecule has 17 heavy (non-hydrogen) atoms. The molecule has 3 nitrogen and oxygen atoms in total. The summed E-state index contributed by atoms with van der Waals surface area (Å²) >= 11 is 0. The molecule has 0 aliphatic carbocycles. The number of benzene rings is 1. The van der Waals surface area contributed by atoms with Crippen LogP contribution < -0.4 is 5.32 Å². The number of hydrogen-bond acceptors (Lipinski definition) is 3. The van der Waals surface area contributed by atoms with Gasteiger partial charge in [0.1, 0.15) is 11.9 Å². The summed E-state index contributed by atoms with van der Waals surface area (Å²) in [5.41, 5.74) is 2.61. The second-order valence-corrected chi connectivity index (χ2v) is 3.63. The fraction of sp³-hybridized carbons (Fsp3) is 0.143. The minimum absolute atomic E-state index is 0.577. The van der Waals surface area contributed by atoms with E-state index < -0.39 is 0 Å². The van der Waals surface area contributed by atoms with Crippen molar-refractivity contribution in [1.82, 2.24) is 4.98 Å². The van der Waals surface area contributed by atoms with E-state index in [0.29, 0.717) is 11.4 Å². The molecule has 1 heterocycles. The molecule has 2 rings (SSSR count). The van der Waals surface area contributed by atoms with E-state index >= 15 is 0 Å². The lowest BCUT2D eigenvalue weighted by molar-refractivity contribution is 1.15. The fourth-order valence-electron chi connectivity index (χ4n) is 1.65. The molecule has 0 spiro atoms. The van der Waals surface area contributed by atoms with Gasteiger partial charge in [0.25, 0.3) is 0 Å². The zero-order chi connectivity index (χ0) is 12.1. The highest BCUT2D eigenvalue weighted by Gasteiger charge is 2.05. The second kappa shape index (κ2) is 5.13. The van der Waals surface area contributed by atoms with E-state index in [0.717, 1.165) is 17.7 Å². The van der Waals surface area contributed by atoms with Crippen molar-refractivity contribution in [1.29, 1.82) is 5.26 Å². The topological polar surface area (TPSA) is 48.7 Å². The maximum atomic E-state index is 9.09. The van der Waals surface area contributed by atoms with Gasteiger partial charge in [-0.05, 0) is 18.6 Å². The molecule has 1 aromatic heterocycles. The van der Waals surface area contributed by atoms with Gasteiger partial charge in [-0.1, -0.05) is 30.3 Å². The molecule has 0 aliphatic rings. The Kier molecular flexibility index (Phi) is 3.37. The predicted octanol–water partition coefficient (Wildman–Crippen LogP) is 3.05. The van der Waals surface area contributed by atoms with Crippen LogP contribution in [0.15, 0.2) is 42.6 Å². The highest BCUT2D eigenvalue weighted by Crippen LogP contribution is 2.22. The zero-order valence-corrected chi connectivity index (χ0v) is 9.64. The van der Waals surface area contributed by atoms with Crippen LogP contribution in [0.1, 0.15) is 12.5 Å². The third-order valence-electron chi connectivity index (χ3n) is 2.46. The number of anilines is 1. The highest BCUT2D eigenvalue weighted by atomic mass is 15.0. The van der Waals surface area contributed by atoms with Gasteiger partial charge >= 0.3 is 0 Å². The number of hydrogen-bond donors (Lipinski definition) is 1. The van der Waals surface area contributed by atoms with E-state index in [-0.39, 0.29) is 0 Å². The molecule has 1 N–H and O–H groups in total. The first kappa shape index (κ1) is 11.2. The van der Waals surface area contributed by atoms with E-state index in [2.05, 4.69) is 16.4 Å². The Morgan fingerprint density at radius 1 is 1.24 bits per heavy atom. The molecule has 0 bridgehead atoms. The normalized spacial score (nSPS) is 9.65. The Morgan fingerprint density at radius 2 is 2.00 bits per heavy atom. The van der Waals surface area contributed by atoms with Gasteiger partial charge in [0, 0.05) is 18.3 Å². The molecule has 84 valence electrons. The van der Waals surface area contributed by atoms with Gasteiger partial charge in [-0.25, -0.2) is 4.98 Å². The summed E-state index contributed by atoms with van der Waals surface area (Å²) in [6.45, 7) is 2.74. The average Bonchev–Trinajstić information content (AvgIpc) is 2.40. The molecular formula is C14H13N3. The maximum absolute atomic E-state index is 9.09. The Labute approximate surface area is 101 Å². The molecule has 0 aliphatic heterocycles. The van der Waals surface area contributed by atoms with Crippen LogP contribution in [0.25, 0.3) is 11.1 Å². The predicted molar refractivity (Wildman–Crippen MR) is 68.6 cm³/mol. The van der Waals surface area contributed by atoms with E-state index in [9.17, 15) is 0 Å². The van der Waals surface area contributed by atoms with Crippen molar-refractivity contribution >= 4 is 5.82 Å². The molecule has 0 saturated carbocycles. The second-order valence-electron chi connectivity index (χ2n) is 3.63. The Balaban J connectivity index is 2.43. The van der Waals surface area contributed by atoms with Crippen molar-refractivity contribution in [3.63, 3.8) is 0 Å². The van der Waals surface area contributed by atoms with Crippen molar-refractivity contribution < 1.29 is 0 Å². The number of pyridine rings is 1. The van der Waals surface area contributed by atoms with Crippen LogP contribution in [-0.4, -0.2) is 11.5 Å². The molecule has 0 atom stereocenters. The van der Waals surface area contributed by atoms with Crippen LogP contribution >= 0.6 is 0 Å². The van der Waals surface area contributed by atoms with Gasteiger partial charge in [0.15, 0.2) is 0 Å². The van der Waals surface area contributed by atoms with Crippen LogP contribution in [0, 0.1) is 11.3 Å². The van der Waals surface area contributed by atoms with Gasteiger partial charge in [0.2, 0.25) is 0 Å². The van der Waals surface area contributed by atoms with E-state index in [1.165, 1.54) is 0 Å². The highest BCUT2D eigenvalue weighted by molar-refractivity contribution is 5.67. The summed E-state index contributed by atoms with van der Waals surface area (Å²) in [5.74, 6) is 0.648. The summed E-state index contributed by atoms with van der Waals surface area (Å²) in [6.07, 6.45) is 1.79. The summed E-state index contributed by atoms with van der Waals surface area (Å²) in [5, 5.41) is 12.2. The fourth-order valence-corrected chi connectivity index (χ4v) is 1.65. The summed E-state index contributed by atoms with van der Waals surface area (Å²) in [6, 6.07) is 13.9. The quantitative estimate of drug-likeness (QED) is 0.870. The van der Waals surface area contributed by atoms with Crippen molar-refractivity contribution in [3.05, 3.63) is 48.2 Å². The minimum Gasteiger partial charge on any atom is -0.369 e. The molecule has 0 saturated heterocycles. The van der Waals surface area contributed by atoms with Crippen LogP contribution in [0.3, 0.4) is 0 Å². The third-order valence-corrected chi connectivity index (χ3v) is 2.46. The minimum atomic E-state index is 0.577. The van der Waals surface area contributed by atoms with Gasteiger partial charge in [-0.3, -0.25) is 0 Å². The third kappa shape index (κ3) is 2.43. The number of nitrogens with one attached hydrogen (secondary N) is 1. The van der Waals surface area contributed by atoms with Gasteiger partial charge in [0.05, 0.1) is 5.56 Å². The van der Waals surface area contributed by atoms with E-state index in [1.54, 1.807) is 6.20 Å². The number of aromatic nitrogens is 1. The van der Waals surface area contributed by atoms with Crippen molar-refractivity contribution in [2.24, 2.45) is 0 Å².